The summed E-state index contributed by atoms with van der Waals surface area (Å²) >= 11 is 0. The first-order valence-electron chi connectivity index (χ1n) is 3.65. The second kappa shape index (κ2) is 5.76. The molecule has 0 radical (unpaired) electrons. The molecule has 0 fully saturated rings. The SMILES string of the molecule is COS(=O)(=O)c1ccc(S(=O)(=O)O)cc1.[CaH2]. The molecule has 1 rings (SSSR count). The van der Waals surface area contributed by atoms with Gasteiger partial charge in [-0.15, -0.1) is 0 Å². The predicted octanol–water partition coefficient (Wildman–Crippen LogP) is -0.648. The Labute approximate surface area is 123 Å². The zero-order valence-electron chi connectivity index (χ0n) is 7.61. The van der Waals surface area contributed by atoms with E-state index in [1.54, 1.807) is 0 Å². The molecule has 1 aromatic rings. The Morgan fingerprint density at radius 1 is 1.00 bits per heavy atom. The van der Waals surface area contributed by atoms with Gasteiger partial charge in [-0.25, -0.2) is 0 Å². The molecule has 9 heteroatoms. The van der Waals surface area contributed by atoms with Gasteiger partial charge >= 0.3 is 37.7 Å². The van der Waals surface area contributed by atoms with E-state index in [0.717, 1.165) is 31.4 Å². The summed E-state index contributed by atoms with van der Waals surface area (Å²) in [6.07, 6.45) is 0. The Hall–Kier alpha value is 0.300. The maximum atomic E-state index is 11.1. The Morgan fingerprint density at radius 3 is 1.69 bits per heavy atom. The fraction of sp³-hybridized carbons (Fsp3) is 0.143. The van der Waals surface area contributed by atoms with Crippen molar-refractivity contribution in [2.45, 2.75) is 9.79 Å². The summed E-state index contributed by atoms with van der Waals surface area (Å²) in [4.78, 5) is -0.560. The minimum absolute atomic E-state index is 0. The maximum absolute atomic E-state index is 11.1. The average Bonchev–Trinajstić information content (AvgIpc) is 2.17. The molecule has 0 heterocycles. The van der Waals surface area contributed by atoms with Gasteiger partial charge in [0.05, 0.1) is 16.9 Å². The molecule has 0 unspecified atom stereocenters. The van der Waals surface area contributed by atoms with Gasteiger partial charge in [-0.2, -0.15) is 16.8 Å². The van der Waals surface area contributed by atoms with E-state index in [4.69, 9.17) is 4.55 Å². The molecule has 1 N–H and O–H groups in total. The van der Waals surface area contributed by atoms with Gasteiger partial charge in [-0.3, -0.25) is 8.74 Å². The molecule has 88 valence electrons. The van der Waals surface area contributed by atoms with Gasteiger partial charge in [0.15, 0.2) is 0 Å². The third-order valence-corrected chi connectivity index (χ3v) is 3.79. The average molecular weight is 294 g/mol. The first kappa shape index (κ1) is 16.3. The van der Waals surface area contributed by atoms with Crippen LogP contribution in [-0.4, -0.2) is 66.2 Å². The first-order valence-corrected chi connectivity index (χ1v) is 6.50. The van der Waals surface area contributed by atoms with Gasteiger partial charge in [-0.1, -0.05) is 0 Å². The summed E-state index contributed by atoms with van der Waals surface area (Å²) < 4.78 is 56.4. The third kappa shape index (κ3) is 3.95. The van der Waals surface area contributed by atoms with E-state index in [1.165, 1.54) is 0 Å². The quantitative estimate of drug-likeness (QED) is 0.452. The summed E-state index contributed by atoms with van der Waals surface area (Å²) in [6.45, 7) is 0. The van der Waals surface area contributed by atoms with Crippen LogP contribution in [0.1, 0.15) is 0 Å². The number of rotatable bonds is 3. The first-order chi connectivity index (χ1) is 6.77. The Bertz CT molecular complexity index is 545. The normalized spacial score (nSPS) is 11.9. The van der Waals surface area contributed by atoms with Crippen molar-refractivity contribution in [1.82, 2.24) is 0 Å². The summed E-state index contributed by atoms with van der Waals surface area (Å²) in [5, 5.41) is 0. The van der Waals surface area contributed by atoms with Crippen LogP contribution in [0.3, 0.4) is 0 Å². The molecule has 0 spiro atoms. The van der Waals surface area contributed by atoms with Crippen molar-refractivity contribution >= 4 is 58.0 Å². The van der Waals surface area contributed by atoms with Crippen molar-refractivity contribution in [1.29, 1.82) is 0 Å². The Kier molecular flexibility index (Phi) is 5.87. The Morgan fingerprint density at radius 2 is 1.38 bits per heavy atom. The van der Waals surface area contributed by atoms with Crippen molar-refractivity contribution in [2.75, 3.05) is 7.11 Å². The molecule has 1 aromatic carbocycles. The third-order valence-electron chi connectivity index (χ3n) is 1.63. The molecule has 0 aliphatic rings. The van der Waals surface area contributed by atoms with E-state index < -0.39 is 20.2 Å². The molecule has 0 saturated heterocycles. The van der Waals surface area contributed by atoms with Gasteiger partial charge < -0.3 is 0 Å². The molecular weight excluding hydrogens is 284 g/mol. The molecule has 16 heavy (non-hydrogen) atoms. The van der Waals surface area contributed by atoms with Gasteiger partial charge in [0.1, 0.15) is 0 Å². The standard InChI is InChI=1S/C7H8O6S2.Ca.2H/c1-13-15(11,12)7-4-2-6(3-5-7)14(8,9)10;;;/h2-5H,1H3,(H,8,9,10);;;. The van der Waals surface area contributed by atoms with Crippen LogP contribution in [0.4, 0.5) is 0 Å². The van der Waals surface area contributed by atoms with E-state index in [0.29, 0.717) is 0 Å². The number of hydrogen-bond acceptors (Lipinski definition) is 5. The second-order valence-corrected chi connectivity index (χ2v) is 5.70. The monoisotopic (exact) mass is 294 g/mol. The topological polar surface area (TPSA) is 97.7 Å². The van der Waals surface area contributed by atoms with Crippen LogP contribution in [0.25, 0.3) is 0 Å². The second-order valence-electron chi connectivity index (χ2n) is 2.57. The zero-order chi connectivity index (χ0) is 11.7. The van der Waals surface area contributed by atoms with Crippen LogP contribution in [0.15, 0.2) is 34.1 Å². The molecule has 0 aliphatic carbocycles. The number of hydrogen-bond donors (Lipinski definition) is 1. The summed E-state index contributed by atoms with van der Waals surface area (Å²) in [5.41, 5.74) is 0. The van der Waals surface area contributed by atoms with Gasteiger partial charge in [0, 0.05) is 0 Å². The van der Waals surface area contributed by atoms with Crippen LogP contribution in [-0.2, 0) is 24.4 Å². The van der Waals surface area contributed by atoms with E-state index in [9.17, 15) is 16.8 Å². The summed E-state index contributed by atoms with van der Waals surface area (Å²) in [5.74, 6) is 0. The molecule has 0 aromatic heterocycles. The predicted molar refractivity (Wildman–Crippen MR) is 59.0 cm³/mol. The molecule has 0 saturated carbocycles. The van der Waals surface area contributed by atoms with Crippen molar-refractivity contribution in [3.63, 3.8) is 0 Å². The summed E-state index contributed by atoms with van der Waals surface area (Å²) in [6, 6.07) is 4.01. The van der Waals surface area contributed by atoms with Gasteiger partial charge in [0.2, 0.25) is 0 Å². The van der Waals surface area contributed by atoms with Crippen molar-refractivity contribution in [3.8, 4) is 0 Å². The minimum atomic E-state index is -4.31. The van der Waals surface area contributed by atoms with E-state index in [2.05, 4.69) is 4.18 Å². The molecule has 0 amide bonds. The van der Waals surface area contributed by atoms with Crippen LogP contribution < -0.4 is 0 Å². The molecule has 6 nitrogen and oxygen atoms in total. The summed E-state index contributed by atoms with van der Waals surface area (Å²) in [7, 11) is -7.15. The molecule has 0 aliphatic heterocycles. The molecule has 0 atom stereocenters. The number of benzene rings is 1. The van der Waals surface area contributed by atoms with E-state index in [-0.39, 0.29) is 47.5 Å². The zero-order valence-corrected chi connectivity index (χ0v) is 9.25. The van der Waals surface area contributed by atoms with Crippen LogP contribution in [0.5, 0.6) is 0 Å². The van der Waals surface area contributed by atoms with Gasteiger partial charge in [0.25, 0.3) is 20.2 Å². The van der Waals surface area contributed by atoms with E-state index in [1.807, 2.05) is 0 Å². The Balaban J connectivity index is 0.00000225. The van der Waals surface area contributed by atoms with Crippen molar-refractivity contribution in [2.24, 2.45) is 0 Å². The van der Waals surface area contributed by atoms with Crippen molar-refractivity contribution < 1.29 is 25.6 Å². The van der Waals surface area contributed by atoms with Crippen LogP contribution in [0.2, 0.25) is 0 Å². The van der Waals surface area contributed by atoms with Gasteiger partial charge in [-0.05, 0) is 24.3 Å². The molecular formula is C7H10CaO6S2. The fourth-order valence-corrected chi connectivity index (χ4v) is 2.02. The van der Waals surface area contributed by atoms with Crippen molar-refractivity contribution in [3.05, 3.63) is 24.3 Å². The fourth-order valence-electron chi connectivity index (χ4n) is 0.875. The van der Waals surface area contributed by atoms with Crippen LogP contribution in [0, 0.1) is 0 Å². The van der Waals surface area contributed by atoms with E-state index >= 15 is 0 Å². The molecule has 0 bridgehead atoms. The van der Waals surface area contributed by atoms with Crippen LogP contribution >= 0.6 is 0 Å².